The number of phenolic OH excluding ortho intramolecular Hbond substituents is 1. The first-order chi connectivity index (χ1) is 9.65. The number of rotatable bonds is 4. The molecule has 2 aromatic rings. The smallest absolute Gasteiger partial charge is 0.160 e. The van der Waals surface area contributed by atoms with Crippen molar-refractivity contribution in [1.82, 2.24) is 0 Å². The highest BCUT2D eigenvalue weighted by molar-refractivity contribution is 5.51. The molecule has 102 valence electrons. The zero-order valence-electron chi connectivity index (χ0n) is 10.8. The van der Waals surface area contributed by atoms with Gasteiger partial charge in [0.25, 0.3) is 0 Å². The number of aromatic hydroxyl groups is 1. The van der Waals surface area contributed by atoms with Crippen LogP contribution in [0.25, 0.3) is 0 Å². The first kappa shape index (κ1) is 13.7. The van der Waals surface area contributed by atoms with E-state index in [-0.39, 0.29) is 17.2 Å². The Kier molecular flexibility index (Phi) is 4.06. The van der Waals surface area contributed by atoms with Gasteiger partial charge in [0.05, 0.1) is 18.9 Å². The average molecular weight is 272 g/mol. The SMILES string of the molecule is COc1cc(C(C#N)Nc2ccccc2F)ccc1O. The Balaban J connectivity index is 2.30. The van der Waals surface area contributed by atoms with Gasteiger partial charge in [-0.25, -0.2) is 4.39 Å². The maximum absolute atomic E-state index is 13.6. The van der Waals surface area contributed by atoms with Gasteiger partial charge in [-0.2, -0.15) is 5.26 Å². The van der Waals surface area contributed by atoms with Gasteiger partial charge in [0, 0.05) is 0 Å². The highest BCUT2D eigenvalue weighted by atomic mass is 19.1. The van der Waals surface area contributed by atoms with Crippen LogP contribution in [0.4, 0.5) is 10.1 Å². The summed E-state index contributed by atoms with van der Waals surface area (Å²) in [5, 5.41) is 21.6. The van der Waals surface area contributed by atoms with E-state index in [1.807, 2.05) is 6.07 Å². The summed E-state index contributed by atoms with van der Waals surface area (Å²) in [5.74, 6) is -0.185. The van der Waals surface area contributed by atoms with E-state index in [1.54, 1.807) is 24.3 Å². The van der Waals surface area contributed by atoms with Gasteiger partial charge in [-0.15, -0.1) is 0 Å². The second kappa shape index (κ2) is 5.93. The van der Waals surface area contributed by atoms with Gasteiger partial charge in [-0.1, -0.05) is 18.2 Å². The van der Waals surface area contributed by atoms with E-state index >= 15 is 0 Å². The summed E-state index contributed by atoms with van der Waals surface area (Å²) in [6.45, 7) is 0. The minimum absolute atomic E-state index is 0.0150. The zero-order chi connectivity index (χ0) is 14.5. The number of anilines is 1. The number of hydrogen-bond acceptors (Lipinski definition) is 4. The molecule has 5 heteroatoms. The van der Waals surface area contributed by atoms with Crippen molar-refractivity contribution in [1.29, 1.82) is 5.26 Å². The van der Waals surface area contributed by atoms with Gasteiger partial charge in [-0.05, 0) is 29.8 Å². The topological polar surface area (TPSA) is 65.3 Å². The van der Waals surface area contributed by atoms with Crippen molar-refractivity contribution in [2.75, 3.05) is 12.4 Å². The number of para-hydroxylation sites is 1. The molecule has 0 aliphatic heterocycles. The third-order valence-electron chi connectivity index (χ3n) is 2.84. The van der Waals surface area contributed by atoms with Gasteiger partial charge >= 0.3 is 0 Å². The van der Waals surface area contributed by atoms with Crippen molar-refractivity contribution >= 4 is 5.69 Å². The number of phenols is 1. The largest absolute Gasteiger partial charge is 0.504 e. The van der Waals surface area contributed by atoms with Crippen LogP contribution in [0, 0.1) is 17.1 Å². The van der Waals surface area contributed by atoms with E-state index in [0.29, 0.717) is 5.56 Å². The Labute approximate surface area is 116 Å². The molecule has 1 atom stereocenters. The highest BCUT2D eigenvalue weighted by Crippen LogP contribution is 2.30. The van der Waals surface area contributed by atoms with Crippen LogP contribution in [-0.4, -0.2) is 12.2 Å². The van der Waals surface area contributed by atoms with Crippen LogP contribution < -0.4 is 10.1 Å². The molecule has 4 nitrogen and oxygen atoms in total. The lowest BCUT2D eigenvalue weighted by atomic mass is 10.1. The minimum atomic E-state index is -0.749. The van der Waals surface area contributed by atoms with Crippen LogP contribution in [0.15, 0.2) is 42.5 Å². The lowest BCUT2D eigenvalue weighted by Gasteiger charge is -2.15. The van der Waals surface area contributed by atoms with Crippen molar-refractivity contribution in [3.05, 3.63) is 53.8 Å². The molecule has 0 aromatic heterocycles. The normalized spacial score (nSPS) is 11.4. The fourth-order valence-electron chi connectivity index (χ4n) is 1.80. The third kappa shape index (κ3) is 2.81. The number of methoxy groups -OCH3 is 1. The highest BCUT2D eigenvalue weighted by Gasteiger charge is 2.14. The number of benzene rings is 2. The summed E-state index contributed by atoms with van der Waals surface area (Å²) in [7, 11) is 1.42. The average Bonchev–Trinajstić information content (AvgIpc) is 2.47. The van der Waals surface area contributed by atoms with Gasteiger partial charge in [-0.3, -0.25) is 0 Å². The summed E-state index contributed by atoms with van der Waals surface area (Å²) in [5.41, 5.74) is 0.816. The van der Waals surface area contributed by atoms with E-state index in [2.05, 4.69) is 5.32 Å². The van der Waals surface area contributed by atoms with E-state index in [0.717, 1.165) is 0 Å². The number of nitrogens with zero attached hydrogens (tertiary/aromatic N) is 1. The lowest BCUT2D eigenvalue weighted by molar-refractivity contribution is 0.373. The standard InChI is InChI=1S/C15H13FN2O2/c1-20-15-8-10(6-7-14(15)19)13(9-17)18-12-5-3-2-4-11(12)16/h2-8,13,18-19H,1H3. The molecule has 0 saturated heterocycles. The summed E-state index contributed by atoms with van der Waals surface area (Å²) in [6.07, 6.45) is 0. The predicted octanol–water partition coefficient (Wildman–Crippen LogP) is 3.22. The molecule has 2 rings (SSSR count). The zero-order valence-corrected chi connectivity index (χ0v) is 10.8. The summed E-state index contributed by atoms with van der Waals surface area (Å²) in [6, 6.07) is 12.0. The molecule has 0 saturated carbocycles. The minimum Gasteiger partial charge on any atom is -0.504 e. The number of ether oxygens (including phenoxy) is 1. The Hall–Kier alpha value is -2.74. The van der Waals surface area contributed by atoms with Crippen molar-refractivity contribution < 1.29 is 14.2 Å². The Bertz CT molecular complexity index is 653. The predicted molar refractivity (Wildman–Crippen MR) is 73.0 cm³/mol. The molecular formula is C15H13FN2O2. The van der Waals surface area contributed by atoms with Crippen LogP contribution in [0.5, 0.6) is 11.5 Å². The molecule has 0 aliphatic carbocycles. The lowest BCUT2D eigenvalue weighted by Crippen LogP contribution is -2.09. The van der Waals surface area contributed by atoms with Crippen molar-refractivity contribution in [3.63, 3.8) is 0 Å². The Morgan fingerprint density at radius 1 is 1.30 bits per heavy atom. The molecule has 20 heavy (non-hydrogen) atoms. The number of nitriles is 1. The van der Waals surface area contributed by atoms with Gasteiger partial charge < -0.3 is 15.2 Å². The van der Waals surface area contributed by atoms with E-state index in [1.165, 1.54) is 25.3 Å². The van der Waals surface area contributed by atoms with Crippen molar-refractivity contribution in [3.8, 4) is 17.6 Å². The second-order valence-corrected chi connectivity index (χ2v) is 4.12. The first-order valence-electron chi connectivity index (χ1n) is 5.93. The maximum atomic E-state index is 13.6. The molecule has 1 unspecified atom stereocenters. The molecule has 0 spiro atoms. The molecule has 0 radical (unpaired) electrons. The third-order valence-corrected chi connectivity index (χ3v) is 2.84. The molecule has 0 aliphatic rings. The van der Waals surface area contributed by atoms with Crippen LogP contribution in [0.3, 0.4) is 0 Å². The Morgan fingerprint density at radius 2 is 2.05 bits per heavy atom. The quantitative estimate of drug-likeness (QED) is 0.897. The fourth-order valence-corrected chi connectivity index (χ4v) is 1.80. The van der Waals surface area contributed by atoms with E-state index in [4.69, 9.17) is 4.74 Å². The molecule has 0 amide bonds. The van der Waals surface area contributed by atoms with Crippen molar-refractivity contribution in [2.45, 2.75) is 6.04 Å². The van der Waals surface area contributed by atoms with E-state index in [9.17, 15) is 14.8 Å². The summed E-state index contributed by atoms with van der Waals surface area (Å²) >= 11 is 0. The molecule has 2 aromatic carbocycles. The molecular weight excluding hydrogens is 259 g/mol. The van der Waals surface area contributed by atoms with Crippen LogP contribution in [-0.2, 0) is 0 Å². The second-order valence-electron chi connectivity index (χ2n) is 4.12. The first-order valence-corrected chi connectivity index (χ1v) is 5.93. The van der Waals surface area contributed by atoms with E-state index < -0.39 is 11.9 Å². The van der Waals surface area contributed by atoms with Crippen LogP contribution >= 0.6 is 0 Å². The Morgan fingerprint density at radius 3 is 2.70 bits per heavy atom. The summed E-state index contributed by atoms with van der Waals surface area (Å²) in [4.78, 5) is 0. The number of hydrogen-bond donors (Lipinski definition) is 2. The maximum Gasteiger partial charge on any atom is 0.160 e. The van der Waals surface area contributed by atoms with Gasteiger partial charge in [0.1, 0.15) is 11.9 Å². The molecule has 0 heterocycles. The molecule has 0 fully saturated rings. The number of halogens is 1. The number of nitrogens with one attached hydrogen (secondary N) is 1. The molecule has 2 N–H and O–H groups in total. The summed E-state index contributed by atoms with van der Waals surface area (Å²) < 4.78 is 18.6. The fraction of sp³-hybridized carbons (Fsp3) is 0.133. The monoisotopic (exact) mass is 272 g/mol. The van der Waals surface area contributed by atoms with Gasteiger partial charge in [0.2, 0.25) is 0 Å². The molecule has 0 bridgehead atoms. The van der Waals surface area contributed by atoms with Crippen LogP contribution in [0.1, 0.15) is 11.6 Å². The van der Waals surface area contributed by atoms with Crippen molar-refractivity contribution in [2.24, 2.45) is 0 Å². The van der Waals surface area contributed by atoms with Crippen LogP contribution in [0.2, 0.25) is 0 Å². The van der Waals surface area contributed by atoms with Gasteiger partial charge in [0.15, 0.2) is 11.5 Å².